The van der Waals surface area contributed by atoms with E-state index in [0.717, 1.165) is 25.2 Å². The van der Waals surface area contributed by atoms with Gasteiger partial charge in [0, 0.05) is 28.2 Å². The maximum absolute atomic E-state index is 9.73. The lowest BCUT2D eigenvalue weighted by Crippen LogP contribution is -2.35. The zero-order valence-electron chi connectivity index (χ0n) is 11.1. The van der Waals surface area contributed by atoms with E-state index in [2.05, 4.69) is 21.7 Å². The molecule has 3 nitrogen and oxygen atoms in total. The summed E-state index contributed by atoms with van der Waals surface area (Å²) in [5.41, 5.74) is 0.0537. The van der Waals surface area contributed by atoms with Crippen LogP contribution >= 0.6 is 11.3 Å². The molecule has 0 unspecified atom stereocenters. The number of aromatic nitrogens is 1. The fourth-order valence-corrected chi connectivity index (χ4v) is 3.78. The largest absolute Gasteiger partial charge is 0.396 e. The van der Waals surface area contributed by atoms with Crippen molar-refractivity contribution in [2.24, 2.45) is 5.41 Å². The van der Waals surface area contributed by atoms with Gasteiger partial charge in [0.2, 0.25) is 0 Å². The van der Waals surface area contributed by atoms with Crippen LogP contribution in [0, 0.1) is 5.41 Å². The van der Waals surface area contributed by atoms with Crippen molar-refractivity contribution < 1.29 is 5.11 Å². The Balaban J connectivity index is 1.76. The lowest BCUT2D eigenvalue weighted by molar-refractivity contribution is 0.0943. The number of nitrogens with zero attached hydrogens (tertiary/aromatic N) is 1. The highest BCUT2D eigenvalue weighted by Crippen LogP contribution is 2.36. The van der Waals surface area contributed by atoms with Gasteiger partial charge < -0.3 is 10.4 Å². The second kappa shape index (κ2) is 5.47. The Morgan fingerprint density at radius 1 is 1.26 bits per heavy atom. The topological polar surface area (TPSA) is 45.1 Å². The van der Waals surface area contributed by atoms with Gasteiger partial charge in [-0.25, -0.2) is 4.98 Å². The Bertz CT molecular complexity index is 546. The van der Waals surface area contributed by atoms with E-state index in [-0.39, 0.29) is 12.0 Å². The Labute approximate surface area is 117 Å². The molecule has 0 saturated heterocycles. The molecule has 0 aliphatic heterocycles. The van der Waals surface area contributed by atoms with Gasteiger partial charge in [0.25, 0.3) is 0 Å². The average molecular weight is 276 g/mol. The minimum absolute atomic E-state index is 0.0537. The SMILES string of the molecule is OCC1(CNc2nccc3sccc23)CCCCC1. The molecule has 4 heteroatoms. The number of nitrogens with one attached hydrogen (secondary N) is 1. The zero-order chi connectivity index (χ0) is 13.1. The summed E-state index contributed by atoms with van der Waals surface area (Å²) < 4.78 is 1.26. The van der Waals surface area contributed by atoms with Crippen molar-refractivity contribution in [3.63, 3.8) is 0 Å². The molecule has 3 rings (SSSR count). The number of fused-ring (bicyclic) bond motifs is 1. The first-order chi connectivity index (χ1) is 9.33. The fraction of sp³-hybridized carbons (Fsp3) is 0.533. The van der Waals surface area contributed by atoms with Gasteiger partial charge in [-0.2, -0.15) is 0 Å². The molecule has 2 heterocycles. The van der Waals surface area contributed by atoms with E-state index in [1.54, 1.807) is 11.3 Å². The summed E-state index contributed by atoms with van der Waals surface area (Å²) in [5, 5.41) is 16.5. The Kier molecular flexibility index (Phi) is 3.71. The zero-order valence-corrected chi connectivity index (χ0v) is 11.9. The molecule has 1 aliphatic rings. The summed E-state index contributed by atoms with van der Waals surface area (Å²) in [6.45, 7) is 1.10. The first-order valence-electron chi connectivity index (χ1n) is 7.00. The van der Waals surface area contributed by atoms with Crippen LogP contribution in [-0.4, -0.2) is 23.2 Å². The lowest BCUT2D eigenvalue weighted by atomic mass is 9.74. The summed E-state index contributed by atoms with van der Waals surface area (Å²) in [4.78, 5) is 4.44. The molecule has 1 saturated carbocycles. The third kappa shape index (κ3) is 2.60. The normalized spacial score (nSPS) is 18.6. The van der Waals surface area contributed by atoms with E-state index >= 15 is 0 Å². The summed E-state index contributed by atoms with van der Waals surface area (Å²) in [6.07, 6.45) is 7.87. The second-order valence-electron chi connectivity index (χ2n) is 5.56. The molecule has 0 radical (unpaired) electrons. The van der Waals surface area contributed by atoms with Crippen molar-refractivity contribution in [1.29, 1.82) is 0 Å². The molecule has 2 aromatic rings. The molecular weight excluding hydrogens is 256 g/mol. The maximum Gasteiger partial charge on any atom is 0.134 e. The van der Waals surface area contributed by atoms with Crippen molar-refractivity contribution in [2.45, 2.75) is 32.1 Å². The number of rotatable bonds is 4. The van der Waals surface area contributed by atoms with E-state index in [9.17, 15) is 5.11 Å². The summed E-state index contributed by atoms with van der Waals surface area (Å²) >= 11 is 1.74. The first-order valence-corrected chi connectivity index (χ1v) is 7.88. The monoisotopic (exact) mass is 276 g/mol. The molecule has 0 bridgehead atoms. The first kappa shape index (κ1) is 12.9. The van der Waals surface area contributed by atoms with Gasteiger partial charge >= 0.3 is 0 Å². The van der Waals surface area contributed by atoms with E-state index in [1.165, 1.54) is 29.3 Å². The van der Waals surface area contributed by atoms with Crippen molar-refractivity contribution in [3.05, 3.63) is 23.7 Å². The van der Waals surface area contributed by atoms with Crippen LogP contribution in [0.5, 0.6) is 0 Å². The third-order valence-electron chi connectivity index (χ3n) is 4.26. The van der Waals surface area contributed by atoms with Crippen molar-refractivity contribution in [3.8, 4) is 0 Å². The second-order valence-corrected chi connectivity index (χ2v) is 6.51. The number of aliphatic hydroxyl groups excluding tert-OH is 1. The van der Waals surface area contributed by atoms with Crippen LogP contribution in [-0.2, 0) is 0 Å². The Morgan fingerprint density at radius 3 is 2.89 bits per heavy atom. The summed E-state index contributed by atoms with van der Waals surface area (Å²) in [6, 6.07) is 4.16. The highest BCUT2D eigenvalue weighted by molar-refractivity contribution is 7.17. The summed E-state index contributed by atoms with van der Waals surface area (Å²) in [7, 11) is 0. The van der Waals surface area contributed by atoms with E-state index in [4.69, 9.17) is 0 Å². The van der Waals surface area contributed by atoms with Gasteiger partial charge in [-0.3, -0.25) is 0 Å². The van der Waals surface area contributed by atoms with Crippen LogP contribution in [0.25, 0.3) is 10.1 Å². The van der Waals surface area contributed by atoms with E-state index in [0.29, 0.717) is 0 Å². The quantitative estimate of drug-likeness (QED) is 0.896. The summed E-state index contributed by atoms with van der Waals surface area (Å²) in [5.74, 6) is 0.956. The van der Waals surface area contributed by atoms with Gasteiger partial charge in [-0.05, 0) is 30.4 Å². The van der Waals surface area contributed by atoms with E-state index in [1.807, 2.05) is 12.3 Å². The van der Waals surface area contributed by atoms with Gasteiger partial charge in [-0.1, -0.05) is 19.3 Å². The van der Waals surface area contributed by atoms with Crippen LogP contribution in [0.3, 0.4) is 0 Å². The smallest absolute Gasteiger partial charge is 0.134 e. The fourth-order valence-electron chi connectivity index (χ4n) is 3.00. The average Bonchev–Trinajstić information content (AvgIpc) is 2.95. The molecule has 0 spiro atoms. The molecule has 19 heavy (non-hydrogen) atoms. The van der Waals surface area contributed by atoms with Crippen molar-refractivity contribution >= 4 is 27.2 Å². The highest BCUT2D eigenvalue weighted by atomic mass is 32.1. The number of aliphatic hydroxyl groups is 1. The highest BCUT2D eigenvalue weighted by Gasteiger charge is 2.31. The Morgan fingerprint density at radius 2 is 2.11 bits per heavy atom. The van der Waals surface area contributed by atoms with Gasteiger partial charge in [0.1, 0.15) is 5.82 Å². The standard InChI is InChI=1S/C15H20N2OS/c18-11-15(6-2-1-3-7-15)10-17-14-12-5-9-19-13(12)4-8-16-14/h4-5,8-9,18H,1-3,6-7,10-11H2,(H,16,17). The minimum Gasteiger partial charge on any atom is -0.396 e. The van der Waals surface area contributed by atoms with E-state index < -0.39 is 0 Å². The van der Waals surface area contributed by atoms with Crippen LogP contribution < -0.4 is 5.32 Å². The predicted molar refractivity (Wildman–Crippen MR) is 80.7 cm³/mol. The molecule has 2 aromatic heterocycles. The number of thiophene rings is 1. The molecule has 0 aromatic carbocycles. The van der Waals surface area contributed by atoms with Gasteiger partial charge in [-0.15, -0.1) is 11.3 Å². The number of hydrogen-bond acceptors (Lipinski definition) is 4. The molecule has 1 aliphatic carbocycles. The van der Waals surface area contributed by atoms with Crippen molar-refractivity contribution in [1.82, 2.24) is 4.98 Å². The van der Waals surface area contributed by atoms with Crippen LogP contribution in [0.2, 0.25) is 0 Å². The molecule has 2 N–H and O–H groups in total. The number of hydrogen-bond donors (Lipinski definition) is 2. The third-order valence-corrected chi connectivity index (χ3v) is 5.14. The lowest BCUT2D eigenvalue weighted by Gasteiger charge is -2.35. The molecule has 102 valence electrons. The van der Waals surface area contributed by atoms with Crippen LogP contribution in [0.15, 0.2) is 23.7 Å². The van der Waals surface area contributed by atoms with Crippen LogP contribution in [0.4, 0.5) is 5.82 Å². The minimum atomic E-state index is 0.0537. The number of pyridine rings is 1. The van der Waals surface area contributed by atoms with Crippen LogP contribution in [0.1, 0.15) is 32.1 Å². The van der Waals surface area contributed by atoms with Gasteiger partial charge in [0.15, 0.2) is 0 Å². The molecule has 0 atom stereocenters. The molecular formula is C15H20N2OS. The predicted octanol–water partition coefficient (Wildman–Crippen LogP) is 3.65. The maximum atomic E-state index is 9.73. The van der Waals surface area contributed by atoms with Crippen molar-refractivity contribution in [2.75, 3.05) is 18.5 Å². The Hall–Kier alpha value is -1.13. The van der Waals surface area contributed by atoms with Gasteiger partial charge in [0.05, 0.1) is 6.61 Å². The molecule has 1 fully saturated rings. The molecule has 0 amide bonds. The number of anilines is 1.